The van der Waals surface area contributed by atoms with E-state index in [4.69, 9.17) is 14.0 Å². The molecule has 4 aliphatic rings. The highest BCUT2D eigenvalue weighted by molar-refractivity contribution is 7.46. The lowest BCUT2D eigenvalue weighted by atomic mass is 9.47. The summed E-state index contributed by atoms with van der Waals surface area (Å²) in [5.74, 6) is 3.38. The predicted molar refractivity (Wildman–Crippen MR) is 237 cm³/mol. The average Bonchev–Trinajstić information content (AvgIpc) is 3.53. The number of phosphoric ester groups is 1. The van der Waals surface area contributed by atoms with Crippen molar-refractivity contribution < 1.29 is 38.3 Å². The van der Waals surface area contributed by atoms with Crippen LogP contribution in [0.2, 0.25) is 0 Å². The lowest BCUT2D eigenvalue weighted by molar-refractivity contribution is -0.175. The first-order valence-electron chi connectivity index (χ1n) is 24.6. The highest BCUT2D eigenvalue weighted by atomic mass is 31.2. The quantitative estimate of drug-likeness (QED) is 0.0371. The fourth-order valence-electron chi connectivity index (χ4n) is 12.6. The van der Waals surface area contributed by atoms with Crippen LogP contribution in [-0.4, -0.2) is 52.4 Å². The molecule has 0 radical (unpaired) electrons. The van der Waals surface area contributed by atoms with Crippen LogP contribution in [0.3, 0.4) is 0 Å². The van der Waals surface area contributed by atoms with E-state index in [9.17, 15) is 24.3 Å². The van der Waals surface area contributed by atoms with Crippen LogP contribution in [0, 0.1) is 46.3 Å². The molecular weight excluding hydrogens is 748 g/mol. The van der Waals surface area contributed by atoms with Gasteiger partial charge in [0.2, 0.25) is 0 Å². The topological polar surface area (TPSA) is 123 Å². The highest BCUT2D eigenvalue weighted by Gasteiger charge is 2.59. The Morgan fingerprint density at radius 3 is 1.97 bits per heavy atom. The second-order valence-corrected chi connectivity index (χ2v) is 21.8. The molecule has 0 spiro atoms. The largest absolute Gasteiger partial charge is 0.479 e. The fourth-order valence-corrected chi connectivity index (χ4v) is 12.9. The summed E-state index contributed by atoms with van der Waals surface area (Å²) in [5, 5.41) is 10.4. The van der Waals surface area contributed by atoms with Gasteiger partial charge in [0.25, 0.3) is 0 Å². The summed E-state index contributed by atoms with van der Waals surface area (Å²) in [7, 11) is -4.82. The molecule has 0 heterocycles. The first-order valence-corrected chi connectivity index (χ1v) is 26.1. The Hall–Kier alpha value is -0.760. The molecule has 10 atom stereocenters. The van der Waals surface area contributed by atoms with Gasteiger partial charge >= 0.3 is 13.8 Å². The van der Waals surface area contributed by atoms with E-state index in [1.165, 1.54) is 134 Å². The zero-order valence-electron chi connectivity index (χ0n) is 38.1. The molecule has 338 valence electrons. The standard InChI is InChI=1S/C49H89O8P/c1-7-8-9-10-11-12-13-14-15-16-17-18-19-20-21-22-34-55-45(36-56-58(52,53)54)46(47(50)51)57-40-30-32-48(5)39(35-40)26-27-41-43-29-28-42(38(4)25-23-24-37(2)3)49(43,6)33-31-44(41)48/h26,37-38,40-46H,7-25,27-36H2,1-6H3,(H,50,51)(H2,52,53,54)/t38-,40?,41?,42-,43?,44?,45?,46?,48+,49-/m1/s1. The van der Waals surface area contributed by atoms with Crippen molar-refractivity contribution in [2.75, 3.05) is 13.2 Å². The van der Waals surface area contributed by atoms with Gasteiger partial charge in [-0.25, -0.2) is 9.36 Å². The normalized spacial score (nSPS) is 30.0. The molecule has 4 aliphatic carbocycles. The van der Waals surface area contributed by atoms with Crippen LogP contribution in [0.1, 0.15) is 215 Å². The van der Waals surface area contributed by atoms with Gasteiger partial charge in [-0.2, -0.15) is 0 Å². The average molecular weight is 837 g/mol. The second-order valence-electron chi connectivity index (χ2n) is 20.5. The summed E-state index contributed by atoms with van der Waals surface area (Å²) in [4.78, 5) is 31.7. The number of phosphoric acid groups is 1. The number of rotatable bonds is 30. The molecule has 9 heteroatoms. The molecule has 0 aromatic carbocycles. The Balaban J connectivity index is 1.22. The van der Waals surface area contributed by atoms with Gasteiger partial charge in [0.15, 0.2) is 6.10 Å². The molecule has 8 nitrogen and oxygen atoms in total. The molecule has 0 saturated heterocycles. The summed E-state index contributed by atoms with van der Waals surface area (Å²) >= 11 is 0. The first kappa shape index (κ1) is 49.9. The lowest BCUT2D eigenvalue weighted by Gasteiger charge is -2.58. The van der Waals surface area contributed by atoms with E-state index in [1.54, 1.807) is 0 Å². The number of aliphatic carboxylic acids is 1. The molecule has 6 unspecified atom stereocenters. The van der Waals surface area contributed by atoms with E-state index in [-0.39, 0.29) is 11.5 Å². The van der Waals surface area contributed by atoms with E-state index < -0.39 is 32.6 Å². The minimum Gasteiger partial charge on any atom is -0.479 e. The van der Waals surface area contributed by atoms with Gasteiger partial charge in [-0.1, -0.05) is 169 Å². The highest BCUT2D eigenvalue weighted by Crippen LogP contribution is 2.67. The Kier molecular flexibility index (Phi) is 21.3. The third-order valence-corrected chi connectivity index (χ3v) is 16.4. The van der Waals surface area contributed by atoms with Gasteiger partial charge in [-0.3, -0.25) is 4.52 Å². The number of hydrogen-bond acceptors (Lipinski definition) is 5. The molecular formula is C49H89O8P. The first-order chi connectivity index (χ1) is 27.7. The van der Waals surface area contributed by atoms with E-state index in [0.29, 0.717) is 24.4 Å². The summed E-state index contributed by atoms with van der Waals surface area (Å²) < 4.78 is 28.9. The molecule has 3 N–H and O–H groups in total. The Morgan fingerprint density at radius 1 is 0.793 bits per heavy atom. The van der Waals surface area contributed by atoms with Crippen molar-refractivity contribution >= 4 is 13.8 Å². The van der Waals surface area contributed by atoms with Crippen LogP contribution >= 0.6 is 7.82 Å². The number of allylic oxidation sites excluding steroid dienone is 1. The van der Waals surface area contributed by atoms with Gasteiger partial charge in [0.1, 0.15) is 6.10 Å². The molecule has 0 aromatic heterocycles. The van der Waals surface area contributed by atoms with Gasteiger partial charge in [0, 0.05) is 6.61 Å². The van der Waals surface area contributed by atoms with Crippen molar-refractivity contribution in [1.82, 2.24) is 0 Å². The Bertz CT molecular complexity index is 1260. The molecule has 3 saturated carbocycles. The zero-order valence-corrected chi connectivity index (χ0v) is 39.0. The maximum absolute atomic E-state index is 12.7. The Morgan fingerprint density at radius 2 is 1.40 bits per heavy atom. The van der Waals surface area contributed by atoms with E-state index in [0.717, 1.165) is 68.1 Å². The third-order valence-electron chi connectivity index (χ3n) is 15.9. The number of hydrogen-bond donors (Lipinski definition) is 3. The van der Waals surface area contributed by atoms with E-state index in [2.05, 4.69) is 47.6 Å². The summed E-state index contributed by atoms with van der Waals surface area (Å²) in [5.41, 5.74) is 1.97. The van der Waals surface area contributed by atoms with Crippen molar-refractivity contribution in [2.24, 2.45) is 46.3 Å². The van der Waals surface area contributed by atoms with Crippen LogP contribution in [0.15, 0.2) is 11.6 Å². The summed E-state index contributed by atoms with van der Waals surface area (Å²) in [6.07, 6.45) is 32.8. The van der Waals surface area contributed by atoms with Crippen molar-refractivity contribution in [3.63, 3.8) is 0 Å². The minimum atomic E-state index is -4.82. The van der Waals surface area contributed by atoms with Gasteiger partial charge in [-0.05, 0) is 104 Å². The molecule has 0 amide bonds. The van der Waals surface area contributed by atoms with Crippen molar-refractivity contribution in [3.05, 3.63) is 11.6 Å². The van der Waals surface area contributed by atoms with Gasteiger partial charge in [-0.15, -0.1) is 0 Å². The van der Waals surface area contributed by atoms with Crippen LogP contribution in [0.25, 0.3) is 0 Å². The minimum absolute atomic E-state index is 0.108. The van der Waals surface area contributed by atoms with Crippen molar-refractivity contribution in [2.45, 2.75) is 233 Å². The number of carboxylic acid groups (broad SMARTS) is 1. The SMILES string of the molecule is CCCCCCCCCCCCCCCCCCOC(COP(=O)(O)O)C(OC1CC[C@@]2(C)C(=CCC3C2CC[C@@]2(C)C3CC[C@@H]2[C@H](C)CCCC(C)C)C1)C(=O)O. The van der Waals surface area contributed by atoms with Crippen molar-refractivity contribution in [1.29, 1.82) is 0 Å². The summed E-state index contributed by atoms with van der Waals surface area (Å²) in [6, 6.07) is 0. The van der Waals surface area contributed by atoms with Gasteiger partial charge < -0.3 is 24.4 Å². The zero-order chi connectivity index (χ0) is 42.2. The molecule has 3 fully saturated rings. The Labute approximate surface area is 355 Å². The van der Waals surface area contributed by atoms with Crippen LogP contribution in [-0.2, 0) is 23.4 Å². The van der Waals surface area contributed by atoms with Crippen LogP contribution in [0.4, 0.5) is 0 Å². The smallest absolute Gasteiger partial charge is 0.469 e. The lowest BCUT2D eigenvalue weighted by Crippen LogP contribution is -2.51. The maximum atomic E-state index is 12.7. The van der Waals surface area contributed by atoms with Crippen molar-refractivity contribution in [3.8, 4) is 0 Å². The van der Waals surface area contributed by atoms with Gasteiger partial charge in [0.05, 0.1) is 12.7 Å². The molecule has 0 aliphatic heterocycles. The molecule has 0 bridgehead atoms. The number of ether oxygens (including phenoxy) is 2. The number of fused-ring (bicyclic) bond motifs is 5. The fraction of sp³-hybridized carbons (Fsp3) is 0.939. The third kappa shape index (κ3) is 15.0. The van der Waals surface area contributed by atoms with Crippen LogP contribution < -0.4 is 0 Å². The monoisotopic (exact) mass is 837 g/mol. The van der Waals surface area contributed by atoms with E-state index in [1.807, 2.05) is 0 Å². The number of carbonyl (C=O) groups is 1. The molecule has 0 aromatic rings. The number of unbranched alkanes of at least 4 members (excludes halogenated alkanes) is 15. The molecule has 58 heavy (non-hydrogen) atoms. The summed E-state index contributed by atoms with van der Waals surface area (Å²) in [6.45, 7) is 14.4. The second kappa shape index (κ2) is 24.8. The maximum Gasteiger partial charge on any atom is 0.469 e. The van der Waals surface area contributed by atoms with Crippen LogP contribution in [0.5, 0.6) is 0 Å². The predicted octanol–water partition coefficient (Wildman–Crippen LogP) is 13.6. The van der Waals surface area contributed by atoms with E-state index >= 15 is 0 Å². The molecule has 4 rings (SSSR count). The number of carboxylic acids is 1.